The van der Waals surface area contributed by atoms with Crippen LogP contribution in [0.15, 0.2) is 18.2 Å². The first-order valence-electron chi connectivity index (χ1n) is 8.40. The summed E-state index contributed by atoms with van der Waals surface area (Å²) >= 11 is 5.47. The van der Waals surface area contributed by atoms with Crippen molar-refractivity contribution in [2.75, 3.05) is 5.32 Å². The number of aryl methyl sites for hydroxylation is 2. The molecule has 0 saturated heterocycles. The van der Waals surface area contributed by atoms with Crippen molar-refractivity contribution in [3.63, 3.8) is 0 Å². The van der Waals surface area contributed by atoms with Crippen LogP contribution < -0.4 is 10.6 Å². The summed E-state index contributed by atoms with van der Waals surface area (Å²) in [5, 5.41) is 7.57. The maximum absolute atomic E-state index is 5.47. The van der Waals surface area contributed by atoms with Gasteiger partial charge in [-0.15, -0.1) is 0 Å². The van der Waals surface area contributed by atoms with Gasteiger partial charge in [-0.25, -0.2) is 0 Å². The van der Waals surface area contributed by atoms with Crippen molar-refractivity contribution in [3.05, 3.63) is 29.3 Å². The molecule has 0 amide bonds. The van der Waals surface area contributed by atoms with Gasteiger partial charge in [0.1, 0.15) is 0 Å². The van der Waals surface area contributed by atoms with Gasteiger partial charge in [-0.1, -0.05) is 26.8 Å². The van der Waals surface area contributed by atoms with E-state index in [1.807, 2.05) is 0 Å². The highest BCUT2D eigenvalue weighted by Crippen LogP contribution is 2.37. The van der Waals surface area contributed by atoms with Gasteiger partial charge in [0.2, 0.25) is 0 Å². The minimum absolute atomic E-state index is 0.434. The van der Waals surface area contributed by atoms with E-state index in [4.69, 9.17) is 12.2 Å². The quantitative estimate of drug-likeness (QED) is 0.733. The first kappa shape index (κ1) is 17.3. The Bertz CT molecular complexity index is 523. The number of hydrogen-bond donors (Lipinski definition) is 2. The fourth-order valence-electron chi connectivity index (χ4n) is 3.28. The summed E-state index contributed by atoms with van der Waals surface area (Å²) in [6, 6.07) is 6.90. The maximum Gasteiger partial charge on any atom is 0.170 e. The second kappa shape index (κ2) is 6.99. The number of nitrogens with one attached hydrogen (secondary N) is 2. The average molecular weight is 319 g/mol. The predicted octanol–water partition coefficient (Wildman–Crippen LogP) is 5.19. The molecule has 1 aliphatic rings. The summed E-state index contributed by atoms with van der Waals surface area (Å²) in [6.45, 7) is 11.3. The smallest absolute Gasteiger partial charge is 0.170 e. The van der Waals surface area contributed by atoms with Crippen molar-refractivity contribution in [1.29, 1.82) is 0 Å². The lowest BCUT2D eigenvalue weighted by molar-refractivity contribution is 0.166. The lowest BCUT2D eigenvalue weighted by Gasteiger charge is -2.37. The first-order valence-corrected chi connectivity index (χ1v) is 8.81. The molecule has 0 unspecified atom stereocenters. The van der Waals surface area contributed by atoms with E-state index < -0.39 is 0 Å². The number of anilines is 1. The highest BCUT2D eigenvalue weighted by atomic mass is 32.1. The van der Waals surface area contributed by atoms with Gasteiger partial charge in [0, 0.05) is 11.7 Å². The molecule has 3 heteroatoms. The third-order valence-corrected chi connectivity index (χ3v) is 5.27. The van der Waals surface area contributed by atoms with E-state index in [1.165, 1.54) is 36.8 Å². The molecule has 0 aliphatic heterocycles. The Morgan fingerprint density at radius 3 is 2.23 bits per heavy atom. The van der Waals surface area contributed by atoms with Crippen molar-refractivity contribution < 1.29 is 0 Å². The van der Waals surface area contributed by atoms with Gasteiger partial charge < -0.3 is 10.6 Å². The maximum atomic E-state index is 5.47. The summed E-state index contributed by atoms with van der Waals surface area (Å²) in [4.78, 5) is 0. The minimum Gasteiger partial charge on any atom is -0.360 e. The molecule has 1 fully saturated rings. The van der Waals surface area contributed by atoms with E-state index >= 15 is 0 Å². The highest BCUT2D eigenvalue weighted by Gasteiger charge is 2.29. The van der Waals surface area contributed by atoms with Gasteiger partial charge >= 0.3 is 0 Å². The molecular formula is C19H30N2S. The lowest BCUT2D eigenvalue weighted by Crippen LogP contribution is -2.41. The van der Waals surface area contributed by atoms with E-state index in [2.05, 4.69) is 63.5 Å². The van der Waals surface area contributed by atoms with Crippen molar-refractivity contribution in [3.8, 4) is 0 Å². The van der Waals surface area contributed by atoms with E-state index in [-0.39, 0.29) is 0 Å². The monoisotopic (exact) mass is 318 g/mol. The zero-order chi connectivity index (χ0) is 16.3. The molecule has 22 heavy (non-hydrogen) atoms. The molecule has 0 heterocycles. The topological polar surface area (TPSA) is 24.1 Å². The zero-order valence-corrected chi connectivity index (χ0v) is 15.4. The van der Waals surface area contributed by atoms with Gasteiger partial charge in [0.15, 0.2) is 5.11 Å². The lowest BCUT2D eigenvalue weighted by atomic mass is 9.71. The average Bonchev–Trinajstić information content (AvgIpc) is 2.42. The molecule has 0 radical (unpaired) electrons. The van der Waals surface area contributed by atoms with Crippen molar-refractivity contribution >= 4 is 23.0 Å². The van der Waals surface area contributed by atoms with Gasteiger partial charge in [-0.2, -0.15) is 0 Å². The van der Waals surface area contributed by atoms with Crippen molar-refractivity contribution in [2.24, 2.45) is 11.3 Å². The highest BCUT2D eigenvalue weighted by molar-refractivity contribution is 7.80. The van der Waals surface area contributed by atoms with Crippen LogP contribution in [0.4, 0.5) is 5.69 Å². The summed E-state index contributed by atoms with van der Waals surface area (Å²) in [7, 11) is 0. The summed E-state index contributed by atoms with van der Waals surface area (Å²) < 4.78 is 0. The van der Waals surface area contributed by atoms with Gasteiger partial charge in [0.25, 0.3) is 0 Å². The SMILES string of the molecule is Cc1ccc(NC(=S)NC2CCC(C(C)(C)C)CC2)cc1C. The molecule has 0 spiro atoms. The van der Waals surface area contributed by atoms with Crippen LogP contribution in [0.2, 0.25) is 0 Å². The fourth-order valence-corrected chi connectivity index (χ4v) is 3.56. The van der Waals surface area contributed by atoms with Gasteiger partial charge in [-0.05, 0) is 86.3 Å². The van der Waals surface area contributed by atoms with Crippen LogP contribution in [0.1, 0.15) is 57.6 Å². The number of hydrogen-bond acceptors (Lipinski definition) is 1. The Hall–Kier alpha value is -1.09. The third-order valence-electron chi connectivity index (χ3n) is 5.05. The minimum atomic E-state index is 0.434. The molecule has 1 aromatic carbocycles. The molecule has 1 saturated carbocycles. The first-order chi connectivity index (χ1) is 10.3. The standard InChI is InChI=1S/C19H30N2S/c1-13-6-9-17(12-14(13)2)21-18(22)20-16-10-7-15(8-11-16)19(3,4)5/h6,9,12,15-16H,7-8,10-11H2,1-5H3,(H2,20,21,22). The van der Waals surface area contributed by atoms with Crippen LogP contribution in [0.3, 0.4) is 0 Å². The van der Waals surface area contributed by atoms with E-state index in [0.717, 1.165) is 16.7 Å². The Balaban J connectivity index is 1.82. The van der Waals surface area contributed by atoms with E-state index in [0.29, 0.717) is 11.5 Å². The summed E-state index contributed by atoms with van der Waals surface area (Å²) in [5.74, 6) is 0.840. The van der Waals surface area contributed by atoms with Gasteiger partial charge in [-0.3, -0.25) is 0 Å². The Labute approximate surface area is 141 Å². The molecule has 2 nitrogen and oxygen atoms in total. The normalized spacial score (nSPS) is 22.2. The van der Waals surface area contributed by atoms with Crippen molar-refractivity contribution in [1.82, 2.24) is 5.32 Å². The summed E-state index contributed by atoms with van der Waals surface area (Å²) in [6.07, 6.45) is 5.04. The molecular weight excluding hydrogens is 288 g/mol. The second-order valence-electron chi connectivity index (χ2n) is 7.81. The molecule has 2 rings (SSSR count). The van der Waals surface area contributed by atoms with Crippen LogP contribution in [-0.2, 0) is 0 Å². The van der Waals surface area contributed by atoms with Crippen molar-refractivity contribution in [2.45, 2.75) is 66.3 Å². The van der Waals surface area contributed by atoms with Crippen LogP contribution in [0.25, 0.3) is 0 Å². The van der Waals surface area contributed by atoms with Crippen LogP contribution in [0.5, 0.6) is 0 Å². The molecule has 1 aliphatic carbocycles. The number of thiocarbonyl (C=S) groups is 1. The second-order valence-corrected chi connectivity index (χ2v) is 8.22. The Morgan fingerprint density at radius 1 is 1.05 bits per heavy atom. The van der Waals surface area contributed by atoms with Crippen LogP contribution in [0, 0.1) is 25.2 Å². The Kier molecular flexibility index (Phi) is 5.49. The largest absolute Gasteiger partial charge is 0.360 e. The Morgan fingerprint density at radius 2 is 1.68 bits per heavy atom. The molecule has 0 bridgehead atoms. The molecule has 1 aromatic rings. The predicted molar refractivity (Wildman–Crippen MR) is 100 cm³/mol. The van der Waals surface area contributed by atoms with E-state index in [9.17, 15) is 0 Å². The van der Waals surface area contributed by atoms with E-state index in [1.54, 1.807) is 0 Å². The third kappa shape index (κ3) is 4.70. The van der Waals surface area contributed by atoms with Crippen LogP contribution >= 0.6 is 12.2 Å². The zero-order valence-electron chi connectivity index (χ0n) is 14.6. The number of rotatable bonds is 2. The summed E-state index contributed by atoms with van der Waals surface area (Å²) in [5.41, 5.74) is 4.11. The molecule has 122 valence electrons. The molecule has 2 N–H and O–H groups in total. The fraction of sp³-hybridized carbons (Fsp3) is 0.632. The van der Waals surface area contributed by atoms with Gasteiger partial charge in [0.05, 0.1) is 0 Å². The molecule has 0 aromatic heterocycles. The molecule has 0 atom stereocenters. The number of benzene rings is 1. The van der Waals surface area contributed by atoms with Crippen LogP contribution in [-0.4, -0.2) is 11.2 Å².